The Morgan fingerprint density at radius 2 is 1.88 bits per heavy atom. The summed E-state index contributed by atoms with van der Waals surface area (Å²) in [5.41, 5.74) is -0.0990. The van der Waals surface area contributed by atoms with E-state index in [1.165, 1.54) is 0 Å². The summed E-state index contributed by atoms with van der Waals surface area (Å²) in [4.78, 5) is 11.5. The van der Waals surface area contributed by atoms with Crippen molar-refractivity contribution in [2.75, 3.05) is 14.2 Å². The maximum atomic E-state index is 11.6. The van der Waals surface area contributed by atoms with Gasteiger partial charge in [-0.05, 0) is 24.6 Å². The van der Waals surface area contributed by atoms with E-state index < -0.39 is 13.3 Å². The van der Waals surface area contributed by atoms with Crippen LogP contribution in [0.4, 0.5) is 4.79 Å². The molecule has 0 aliphatic heterocycles. The number of carbonyl (C=O) groups is 1. The monoisotopic (exact) mass is 244 g/mol. The Kier molecular flexibility index (Phi) is 4.24. The highest BCUT2D eigenvalue weighted by Crippen LogP contribution is 2.48. The minimum absolute atomic E-state index is 0.305. The van der Waals surface area contributed by atoms with Gasteiger partial charge in [0.05, 0.1) is 0 Å². The largest absolute Gasteiger partial charge is 0.438 e. The van der Waals surface area contributed by atoms with E-state index >= 15 is 0 Å². The summed E-state index contributed by atoms with van der Waals surface area (Å²) in [6.07, 6.45) is 0. The fourth-order valence-corrected chi connectivity index (χ4v) is 1.72. The van der Waals surface area contributed by atoms with E-state index in [9.17, 15) is 9.36 Å². The standard InChI is InChI=1S/C10H13O5P/c1-8-5-4-6-9(7-8)15-10(11)16(12,13-2)14-3/h4-7H,1-3H3. The van der Waals surface area contributed by atoms with Crippen molar-refractivity contribution in [2.24, 2.45) is 0 Å². The van der Waals surface area contributed by atoms with Crippen LogP contribution in [0.2, 0.25) is 0 Å². The highest BCUT2D eigenvalue weighted by molar-refractivity contribution is 7.71. The minimum Gasteiger partial charge on any atom is -0.417 e. The van der Waals surface area contributed by atoms with Crippen LogP contribution in [-0.4, -0.2) is 19.9 Å². The van der Waals surface area contributed by atoms with Gasteiger partial charge in [-0.2, -0.15) is 0 Å². The molecule has 0 N–H and O–H groups in total. The average molecular weight is 244 g/mol. The van der Waals surface area contributed by atoms with Crippen molar-refractivity contribution in [2.45, 2.75) is 6.92 Å². The summed E-state index contributed by atoms with van der Waals surface area (Å²) in [6.45, 7) is 1.85. The number of benzene rings is 1. The highest BCUT2D eigenvalue weighted by atomic mass is 31.2. The summed E-state index contributed by atoms with van der Waals surface area (Å²) in [5.74, 6) is 0.305. The zero-order valence-corrected chi connectivity index (χ0v) is 10.2. The van der Waals surface area contributed by atoms with E-state index in [0.29, 0.717) is 5.75 Å². The maximum Gasteiger partial charge on any atom is 0.438 e. The van der Waals surface area contributed by atoms with Crippen molar-refractivity contribution < 1.29 is 23.1 Å². The lowest BCUT2D eigenvalue weighted by molar-refractivity contribution is 0.203. The molecule has 0 fully saturated rings. The van der Waals surface area contributed by atoms with Crippen LogP contribution in [0, 0.1) is 6.92 Å². The van der Waals surface area contributed by atoms with Crippen LogP contribution in [0.3, 0.4) is 0 Å². The summed E-state index contributed by atoms with van der Waals surface area (Å²) in [7, 11) is -1.56. The first-order chi connectivity index (χ1) is 7.51. The molecule has 0 spiro atoms. The Balaban J connectivity index is 2.83. The molecule has 0 bridgehead atoms. The van der Waals surface area contributed by atoms with E-state index in [4.69, 9.17) is 4.74 Å². The van der Waals surface area contributed by atoms with Crippen molar-refractivity contribution >= 4 is 13.3 Å². The summed E-state index contributed by atoms with van der Waals surface area (Å²) < 4.78 is 25.5. The Hall–Kier alpha value is -1.16. The van der Waals surface area contributed by atoms with Gasteiger partial charge in [0.2, 0.25) is 0 Å². The molecule has 0 atom stereocenters. The van der Waals surface area contributed by atoms with Crippen LogP contribution in [0.25, 0.3) is 0 Å². The van der Waals surface area contributed by atoms with Gasteiger partial charge in [0.1, 0.15) is 5.75 Å². The molecule has 0 aliphatic rings. The van der Waals surface area contributed by atoms with Gasteiger partial charge in [-0.3, -0.25) is 0 Å². The molecule has 0 aromatic heterocycles. The SMILES string of the molecule is COP(=O)(OC)C(=O)Oc1cccc(C)c1. The maximum absolute atomic E-state index is 11.6. The van der Waals surface area contributed by atoms with Gasteiger partial charge in [-0.1, -0.05) is 12.1 Å². The van der Waals surface area contributed by atoms with Gasteiger partial charge in [0, 0.05) is 14.2 Å². The quantitative estimate of drug-likeness (QED) is 0.762. The van der Waals surface area contributed by atoms with Crippen LogP contribution in [-0.2, 0) is 13.6 Å². The predicted octanol–water partition coefficient (Wildman–Crippen LogP) is 2.98. The topological polar surface area (TPSA) is 61.8 Å². The molecule has 0 unspecified atom stereocenters. The number of carbonyl (C=O) groups excluding carboxylic acids is 1. The van der Waals surface area contributed by atoms with Gasteiger partial charge in [-0.25, -0.2) is 9.36 Å². The third-order valence-corrected chi connectivity index (χ3v) is 3.40. The number of hydrogen-bond acceptors (Lipinski definition) is 5. The van der Waals surface area contributed by atoms with E-state index in [0.717, 1.165) is 19.8 Å². The molecule has 6 heteroatoms. The summed E-state index contributed by atoms with van der Waals surface area (Å²) >= 11 is 0. The lowest BCUT2D eigenvalue weighted by Crippen LogP contribution is -2.09. The molecule has 0 heterocycles. The predicted molar refractivity (Wildman–Crippen MR) is 58.8 cm³/mol. The van der Waals surface area contributed by atoms with E-state index in [-0.39, 0.29) is 0 Å². The van der Waals surface area contributed by atoms with Crippen molar-refractivity contribution in [3.8, 4) is 5.75 Å². The van der Waals surface area contributed by atoms with Crippen molar-refractivity contribution in [1.82, 2.24) is 0 Å². The molecule has 0 radical (unpaired) electrons. The smallest absolute Gasteiger partial charge is 0.417 e. The third-order valence-electron chi connectivity index (χ3n) is 1.90. The van der Waals surface area contributed by atoms with Crippen LogP contribution in [0.5, 0.6) is 5.75 Å². The second-order valence-electron chi connectivity index (χ2n) is 3.05. The molecule has 0 saturated heterocycles. The van der Waals surface area contributed by atoms with Crippen LogP contribution in [0.15, 0.2) is 24.3 Å². The third kappa shape index (κ3) is 2.92. The minimum atomic E-state index is -3.81. The van der Waals surface area contributed by atoms with E-state index in [2.05, 4.69) is 9.05 Å². The molecule has 0 aliphatic carbocycles. The summed E-state index contributed by atoms with van der Waals surface area (Å²) in [5, 5.41) is 0. The zero-order valence-electron chi connectivity index (χ0n) is 9.30. The Labute approximate surface area is 93.9 Å². The van der Waals surface area contributed by atoms with Gasteiger partial charge < -0.3 is 13.8 Å². The Morgan fingerprint density at radius 1 is 1.25 bits per heavy atom. The van der Waals surface area contributed by atoms with E-state index in [1.54, 1.807) is 18.2 Å². The van der Waals surface area contributed by atoms with Gasteiger partial charge in [-0.15, -0.1) is 0 Å². The lowest BCUT2D eigenvalue weighted by atomic mass is 10.2. The van der Waals surface area contributed by atoms with Crippen LogP contribution in [0.1, 0.15) is 5.56 Å². The van der Waals surface area contributed by atoms with Crippen LogP contribution >= 0.6 is 7.60 Å². The molecular weight excluding hydrogens is 231 g/mol. The van der Waals surface area contributed by atoms with Crippen molar-refractivity contribution in [1.29, 1.82) is 0 Å². The molecule has 0 saturated carbocycles. The fourth-order valence-electron chi connectivity index (χ4n) is 1.06. The molecule has 16 heavy (non-hydrogen) atoms. The normalized spacial score (nSPS) is 11.2. The van der Waals surface area contributed by atoms with Crippen molar-refractivity contribution in [3.63, 3.8) is 0 Å². The van der Waals surface area contributed by atoms with Crippen molar-refractivity contribution in [3.05, 3.63) is 29.8 Å². The molecule has 1 rings (SSSR count). The molecule has 0 amide bonds. The Morgan fingerprint density at radius 3 is 2.38 bits per heavy atom. The first-order valence-electron chi connectivity index (χ1n) is 4.52. The first-order valence-corrected chi connectivity index (χ1v) is 6.06. The first kappa shape index (κ1) is 12.9. The van der Waals surface area contributed by atoms with Gasteiger partial charge in [0.25, 0.3) is 0 Å². The van der Waals surface area contributed by atoms with E-state index in [1.807, 2.05) is 13.0 Å². The number of rotatable bonds is 4. The summed E-state index contributed by atoms with van der Waals surface area (Å²) in [6, 6.07) is 6.81. The Bertz CT molecular complexity index is 421. The fraction of sp³-hybridized carbons (Fsp3) is 0.300. The average Bonchev–Trinajstić information content (AvgIpc) is 2.28. The van der Waals surface area contributed by atoms with Crippen LogP contribution < -0.4 is 4.74 Å². The highest BCUT2D eigenvalue weighted by Gasteiger charge is 2.35. The van der Waals surface area contributed by atoms with Gasteiger partial charge >= 0.3 is 13.3 Å². The number of aryl methyl sites for hydroxylation is 1. The second-order valence-corrected chi connectivity index (χ2v) is 5.14. The molecular formula is C10H13O5P. The molecule has 5 nitrogen and oxygen atoms in total. The second kappa shape index (κ2) is 5.25. The number of ether oxygens (including phenoxy) is 1. The zero-order chi connectivity index (χ0) is 12.2. The molecule has 1 aromatic carbocycles. The molecule has 1 aromatic rings. The van der Waals surface area contributed by atoms with Gasteiger partial charge in [0.15, 0.2) is 0 Å². The molecule has 88 valence electrons. The lowest BCUT2D eigenvalue weighted by Gasteiger charge is -2.12. The number of hydrogen-bond donors (Lipinski definition) is 0.